The Balaban J connectivity index is 1.87. The van der Waals surface area contributed by atoms with Gasteiger partial charge in [-0.25, -0.2) is 0 Å². The summed E-state index contributed by atoms with van der Waals surface area (Å²) in [5.41, 5.74) is 1.44. The molecule has 0 aliphatic carbocycles. The lowest BCUT2D eigenvalue weighted by Gasteiger charge is -2.09. The standard InChI is InChI=1S/C15H13N3O3S/c19-14(10-11-4-2-1-3-5-11)17-15(22)16-12-6-8-13(9-7-12)18(20)21/h1-9H,10H2,(H2,16,17,19,22). The Morgan fingerprint density at radius 1 is 1.09 bits per heavy atom. The van der Waals surface area contributed by atoms with Gasteiger partial charge in [0, 0.05) is 17.8 Å². The Morgan fingerprint density at radius 2 is 1.73 bits per heavy atom. The summed E-state index contributed by atoms with van der Waals surface area (Å²) >= 11 is 5.04. The summed E-state index contributed by atoms with van der Waals surface area (Å²) in [4.78, 5) is 21.9. The van der Waals surface area contributed by atoms with E-state index in [4.69, 9.17) is 12.2 Å². The highest BCUT2D eigenvalue weighted by Crippen LogP contribution is 2.15. The molecule has 6 nitrogen and oxygen atoms in total. The quantitative estimate of drug-likeness (QED) is 0.515. The summed E-state index contributed by atoms with van der Waals surface area (Å²) in [6.45, 7) is 0. The van der Waals surface area contributed by atoms with E-state index in [1.54, 1.807) is 0 Å². The zero-order chi connectivity index (χ0) is 15.9. The third-order valence-electron chi connectivity index (χ3n) is 2.80. The molecular formula is C15H13N3O3S. The SMILES string of the molecule is O=C(Cc1ccccc1)NC(=S)Nc1ccc([N+](=O)[O-])cc1. The molecule has 0 heterocycles. The van der Waals surface area contributed by atoms with Crippen molar-refractivity contribution in [1.29, 1.82) is 0 Å². The van der Waals surface area contributed by atoms with Crippen LogP contribution in [0, 0.1) is 10.1 Å². The molecule has 22 heavy (non-hydrogen) atoms. The van der Waals surface area contributed by atoms with Gasteiger partial charge in [-0.15, -0.1) is 0 Å². The zero-order valence-electron chi connectivity index (χ0n) is 11.5. The zero-order valence-corrected chi connectivity index (χ0v) is 12.3. The second-order valence-corrected chi connectivity index (χ2v) is 4.88. The van der Waals surface area contributed by atoms with Crippen LogP contribution in [0.2, 0.25) is 0 Å². The number of nitrogens with one attached hydrogen (secondary N) is 2. The van der Waals surface area contributed by atoms with Crippen LogP contribution in [0.5, 0.6) is 0 Å². The number of nitro benzene ring substituents is 1. The minimum atomic E-state index is -0.482. The van der Waals surface area contributed by atoms with Gasteiger partial charge in [-0.05, 0) is 29.9 Å². The van der Waals surface area contributed by atoms with E-state index in [9.17, 15) is 14.9 Å². The van der Waals surface area contributed by atoms with E-state index in [1.165, 1.54) is 24.3 Å². The molecule has 0 aromatic heterocycles. The molecule has 0 unspecified atom stereocenters. The van der Waals surface area contributed by atoms with Crippen molar-refractivity contribution in [1.82, 2.24) is 5.32 Å². The number of rotatable bonds is 4. The number of nitrogens with zero attached hydrogens (tertiary/aromatic N) is 1. The van der Waals surface area contributed by atoms with Crippen molar-refractivity contribution in [3.05, 3.63) is 70.3 Å². The van der Waals surface area contributed by atoms with Gasteiger partial charge in [-0.3, -0.25) is 14.9 Å². The van der Waals surface area contributed by atoms with Crippen molar-refractivity contribution in [3.8, 4) is 0 Å². The molecule has 0 aliphatic rings. The maximum Gasteiger partial charge on any atom is 0.269 e. The number of carbonyl (C=O) groups excluding carboxylic acids is 1. The van der Waals surface area contributed by atoms with Crippen LogP contribution in [0.15, 0.2) is 54.6 Å². The Bertz CT molecular complexity index is 687. The molecule has 1 amide bonds. The van der Waals surface area contributed by atoms with Crippen LogP contribution in [-0.2, 0) is 11.2 Å². The van der Waals surface area contributed by atoms with Gasteiger partial charge in [-0.2, -0.15) is 0 Å². The van der Waals surface area contributed by atoms with Crippen molar-refractivity contribution in [3.63, 3.8) is 0 Å². The molecule has 0 radical (unpaired) electrons. The molecular weight excluding hydrogens is 302 g/mol. The number of carbonyl (C=O) groups is 1. The number of benzene rings is 2. The van der Waals surface area contributed by atoms with Crippen molar-refractivity contribution < 1.29 is 9.72 Å². The van der Waals surface area contributed by atoms with E-state index in [0.717, 1.165) is 5.56 Å². The van der Waals surface area contributed by atoms with E-state index in [1.807, 2.05) is 30.3 Å². The van der Waals surface area contributed by atoms with E-state index >= 15 is 0 Å². The fourth-order valence-corrected chi connectivity index (χ4v) is 2.01. The van der Waals surface area contributed by atoms with Crippen LogP contribution < -0.4 is 10.6 Å². The van der Waals surface area contributed by atoms with E-state index in [-0.39, 0.29) is 23.1 Å². The molecule has 0 saturated carbocycles. The molecule has 0 spiro atoms. The van der Waals surface area contributed by atoms with E-state index in [2.05, 4.69) is 10.6 Å². The molecule has 2 N–H and O–H groups in total. The van der Waals surface area contributed by atoms with Gasteiger partial charge in [0.2, 0.25) is 5.91 Å². The van der Waals surface area contributed by atoms with E-state index in [0.29, 0.717) is 5.69 Å². The molecule has 0 bridgehead atoms. The number of non-ortho nitro benzene ring substituents is 1. The lowest BCUT2D eigenvalue weighted by Crippen LogP contribution is -2.35. The Labute approximate surface area is 132 Å². The van der Waals surface area contributed by atoms with Crippen LogP contribution in [0.1, 0.15) is 5.56 Å². The number of hydrogen-bond donors (Lipinski definition) is 2. The number of thiocarbonyl (C=S) groups is 1. The van der Waals surface area contributed by atoms with Gasteiger partial charge in [0.25, 0.3) is 5.69 Å². The summed E-state index contributed by atoms with van der Waals surface area (Å²) in [5, 5.41) is 16.1. The lowest BCUT2D eigenvalue weighted by atomic mass is 10.1. The maximum atomic E-state index is 11.8. The fourth-order valence-electron chi connectivity index (χ4n) is 1.78. The molecule has 0 fully saturated rings. The summed E-state index contributed by atoms with van der Waals surface area (Å²) in [6.07, 6.45) is 0.225. The summed E-state index contributed by atoms with van der Waals surface area (Å²) < 4.78 is 0. The average molecular weight is 315 g/mol. The summed E-state index contributed by atoms with van der Waals surface area (Å²) in [7, 11) is 0. The number of nitro groups is 1. The third kappa shape index (κ3) is 4.64. The maximum absolute atomic E-state index is 11.8. The lowest BCUT2D eigenvalue weighted by molar-refractivity contribution is -0.384. The van der Waals surface area contributed by atoms with Gasteiger partial charge >= 0.3 is 0 Å². The molecule has 112 valence electrons. The van der Waals surface area contributed by atoms with Gasteiger partial charge in [0.15, 0.2) is 5.11 Å². The highest BCUT2D eigenvalue weighted by atomic mass is 32.1. The first kappa shape index (κ1) is 15.6. The normalized spacial score (nSPS) is 9.82. The Kier molecular flexibility index (Phi) is 5.16. The second kappa shape index (κ2) is 7.28. The highest BCUT2D eigenvalue weighted by molar-refractivity contribution is 7.80. The van der Waals surface area contributed by atoms with Crippen LogP contribution in [0.4, 0.5) is 11.4 Å². The average Bonchev–Trinajstić information content (AvgIpc) is 2.48. The number of hydrogen-bond acceptors (Lipinski definition) is 4. The monoisotopic (exact) mass is 315 g/mol. The summed E-state index contributed by atoms with van der Waals surface area (Å²) in [6, 6.07) is 15.1. The minimum absolute atomic E-state index is 0.00965. The predicted molar refractivity (Wildman–Crippen MR) is 87.6 cm³/mol. The van der Waals surface area contributed by atoms with Gasteiger partial charge in [-0.1, -0.05) is 30.3 Å². The molecule has 7 heteroatoms. The fraction of sp³-hybridized carbons (Fsp3) is 0.0667. The number of amides is 1. The van der Waals surface area contributed by atoms with E-state index < -0.39 is 4.92 Å². The Morgan fingerprint density at radius 3 is 2.32 bits per heavy atom. The topological polar surface area (TPSA) is 84.3 Å². The van der Waals surface area contributed by atoms with Crippen molar-refractivity contribution in [2.75, 3.05) is 5.32 Å². The van der Waals surface area contributed by atoms with Crippen LogP contribution in [0.25, 0.3) is 0 Å². The van der Waals surface area contributed by atoms with Crippen molar-refractivity contribution >= 4 is 34.6 Å². The van der Waals surface area contributed by atoms with Gasteiger partial charge in [0.1, 0.15) is 0 Å². The molecule has 0 saturated heterocycles. The summed E-state index contributed by atoms with van der Waals surface area (Å²) in [5.74, 6) is -0.231. The minimum Gasteiger partial charge on any atom is -0.332 e. The molecule has 2 aromatic carbocycles. The van der Waals surface area contributed by atoms with Crippen molar-refractivity contribution in [2.45, 2.75) is 6.42 Å². The molecule has 2 rings (SSSR count). The molecule has 0 aliphatic heterocycles. The molecule has 2 aromatic rings. The van der Waals surface area contributed by atoms with Crippen LogP contribution in [-0.4, -0.2) is 15.9 Å². The smallest absolute Gasteiger partial charge is 0.269 e. The predicted octanol–water partition coefficient (Wildman–Crippen LogP) is 2.65. The van der Waals surface area contributed by atoms with Gasteiger partial charge < -0.3 is 10.6 Å². The second-order valence-electron chi connectivity index (χ2n) is 4.47. The van der Waals surface area contributed by atoms with Crippen molar-refractivity contribution in [2.24, 2.45) is 0 Å². The Hall–Kier alpha value is -2.80. The van der Waals surface area contributed by atoms with Crippen LogP contribution in [0.3, 0.4) is 0 Å². The number of anilines is 1. The van der Waals surface area contributed by atoms with Crippen LogP contribution >= 0.6 is 12.2 Å². The van der Waals surface area contributed by atoms with Gasteiger partial charge in [0.05, 0.1) is 11.3 Å². The molecule has 0 atom stereocenters. The largest absolute Gasteiger partial charge is 0.332 e. The first-order chi connectivity index (χ1) is 10.5. The third-order valence-corrected chi connectivity index (χ3v) is 3.00. The highest BCUT2D eigenvalue weighted by Gasteiger charge is 2.07. The first-order valence-electron chi connectivity index (χ1n) is 6.44. The first-order valence-corrected chi connectivity index (χ1v) is 6.84.